The summed E-state index contributed by atoms with van der Waals surface area (Å²) in [6.45, 7) is 3.86. The molecule has 0 spiro atoms. The fourth-order valence-corrected chi connectivity index (χ4v) is 2.91. The summed E-state index contributed by atoms with van der Waals surface area (Å²) in [4.78, 5) is 0. The molecule has 72 valence electrons. The van der Waals surface area contributed by atoms with Gasteiger partial charge in [-0.25, -0.2) is 0 Å². The van der Waals surface area contributed by atoms with E-state index in [0.29, 0.717) is 5.79 Å². The predicted octanol–water partition coefficient (Wildman–Crippen LogP) is 1.61. The molecule has 0 radical (unpaired) electrons. The minimum atomic E-state index is -0.312. The number of hydrogen-bond acceptors (Lipinski definition) is 0. The van der Waals surface area contributed by atoms with Crippen LogP contribution in [-0.2, 0) is 0 Å². The van der Waals surface area contributed by atoms with Crippen LogP contribution < -0.4 is 0 Å². The third kappa shape index (κ3) is 1.72. The molecule has 0 bridgehead atoms. The summed E-state index contributed by atoms with van der Waals surface area (Å²) in [7, 11) is -0.312. The Kier molecular flexibility index (Phi) is 2.69. The van der Waals surface area contributed by atoms with Gasteiger partial charge in [-0.15, -0.1) is 12.3 Å². The van der Waals surface area contributed by atoms with Crippen molar-refractivity contribution >= 4 is 9.52 Å². The largest absolute Gasteiger partial charge is 0.337 e. The van der Waals surface area contributed by atoms with Gasteiger partial charge in [0.15, 0.2) is 0 Å². The highest BCUT2D eigenvalue weighted by Crippen LogP contribution is 2.09. The molecule has 0 unspecified atom stereocenters. The summed E-state index contributed by atoms with van der Waals surface area (Å²) in [6, 6.07) is 8.25. The van der Waals surface area contributed by atoms with E-state index >= 15 is 0 Å². The van der Waals surface area contributed by atoms with E-state index in [-0.39, 0.29) is 9.52 Å². The van der Waals surface area contributed by atoms with Crippen LogP contribution in [0.25, 0.3) is 0 Å². The van der Waals surface area contributed by atoms with E-state index in [0.717, 1.165) is 0 Å². The van der Waals surface area contributed by atoms with Crippen molar-refractivity contribution in [1.29, 1.82) is 0 Å². The van der Waals surface area contributed by atoms with E-state index in [1.165, 1.54) is 0 Å². The Balaban J connectivity index is 2.29. The van der Waals surface area contributed by atoms with Gasteiger partial charge in [0.2, 0.25) is 0 Å². The second-order valence-corrected chi connectivity index (χ2v) is 5.04. The van der Waals surface area contributed by atoms with Crippen molar-refractivity contribution in [3.8, 4) is 0 Å². The third-order valence-electron chi connectivity index (χ3n) is 2.32. The average molecular weight is 202 g/mol. The standard InChI is InChI=1S/C11H14N2Si/c1-2-14-11(12-7-3-4-8-12)13-9-5-6-10-13/h2-11H,1,14H2. The number of rotatable bonds is 4. The molecule has 0 N–H and O–H groups in total. The van der Waals surface area contributed by atoms with Crippen LogP contribution in [0.5, 0.6) is 0 Å². The molecule has 0 saturated carbocycles. The fraction of sp³-hybridized carbons (Fsp3) is 0.0909. The highest BCUT2D eigenvalue weighted by atomic mass is 28.2. The van der Waals surface area contributed by atoms with Gasteiger partial charge >= 0.3 is 0 Å². The van der Waals surface area contributed by atoms with Crippen LogP contribution in [0.15, 0.2) is 61.3 Å². The van der Waals surface area contributed by atoms with Crippen molar-refractivity contribution in [2.45, 2.75) is 5.79 Å². The molecular formula is C11H14N2Si. The molecule has 0 amide bonds. The summed E-state index contributed by atoms with van der Waals surface area (Å²) in [5.41, 5.74) is 2.09. The topological polar surface area (TPSA) is 9.86 Å². The maximum atomic E-state index is 3.86. The molecule has 0 aromatic carbocycles. The molecule has 2 rings (SSSR count). The summed E-state index contributed by atoms with van der Waals surface area (Å²) >= 11 is 0. The quantitative estimate of drug-likeness (QED) is 0.667. The number of nitrogens with zero attached hydrogens (tertiary/aromatic N) is 2. The molecular weight excluding hydrogens is 188 g/mol. The molecule has 0 aliphatic rings. The lowest BCUT2D eigenvalue weighted by Gasteiger charge is -2.19. The smallest absolute Gasteiger partial charge is 0.0971 e. The van der Waals surface area contributed by atoms with Gasteiger partial charge in [-0.3, -0.25) is 0 Å². The van der Waals surface area contributed by atoms with E-state index in [1.807, 2.05) is 0 Å². The molecule has 2 aromatic heterocycles. The van der Waals surface area contributed by atoms with Crippen LogP contribution in [0.4, 0.5) is 0 Å². The lowest BCUT2D eigenvalue weighted by molar-refractivity contribution is 0.576. The Morgan fingerprint density at radius 3 is 1.71 bits per heavy atom. The van der Waals surface area contributed by atoms with Crippen molar-refractivity contribution < 1.29 is 0 Å². The first-order chi connectivity index (χ1) is 6.92. The SMILES string of the molecule is C=C[SiH2]C(n1cccc1)n1cccc1. The number of aromatic nitrogens is 2. The van der Waals surface area contributed by atoms with Crippen molar-refractivity contribution in [1.82, 2.24) is 9.13 Å². The molecule has 2 nitrogen and oxygen atoms in total. The lowest BCUT2D eigenvalue weighted by atomic mass is 10.7. The van der Waals surface area contributed by atoms with E-state index < -0.39 is 0 Å². The van der Waals surface area contributed by atoms with Gasteiger partial charge in [-0.2, -0.15) is 0 Å². The van der Waals surface area contributed by atoms with Crippen LogP contribution in [0.2, 0.25) is 0 Å². The second-order valence-electron chi connectivity index (χ2n) is 3.27. The Bertz CT molecular complexity index is 341. The molecule has 0 aliphatic carbocycles. The zero-order valence-corrected chi connectivity index (χ0v) is 9.50. The second kappa shape index (κ2) is 4.15. The van der Waals surface area contributed by atoms with Crippen LogP contribution in [0.1, 0.15) is 5.79 Å². The van der Waals surface area contributed by atoms with Gasteiger partial charge < -0.3 is 9.13 Å². The third-order valence-corrected chi connectivity index (χ3v) is 3.92. The van der Waals surface area contributed by atoms with Gasteiger partial charge in [0, 0.05) is 24.8 Å². The molecule has 3 heteroatoms. The van der Waals surface area contributed by atoms with E-state index in [2.05, 4.69) is 70.5 Å². The average Bonchev–Trinajstić information content (AvgIpc) is 2.87. The highest BCUT2D eigenvalue weighted by molar-refractivity contribution is 6.42. The molecule has 0 fully saturated rings. The summed E-state index contributed by atoms with van der Waals surface area (Å²) < 4.78 is 4.49. The number of hydrogen-bond donors (Lipinski definition) is 0. The van der Waals surface area contributed by atoms with Gasteiger partial charge in [-0.05, 0) is 24.3 Å². The van der Waals surface area contributed by atoms with Gasteiger partial charge in [-0.1, -0.05) is 0 Å². The maximum Gasteiger partial charge on any atom is 0.0971 e. The van der Waals surface area contributed by atoms with Crippen molar-refractivity contribution in [3.05, 3.63) is 61.3 Å². The normalized spacial score (nSPS) is 11.5. The zero-order valence-electron chi connectivity index (χ0n) is 8.08. The van der Waals surface area contributed by atoms with Gasteiger partial charge in [0.05, 0.1) is 15.3 Å². The molecule has 2 heterocycles. The fourth-order valence-electron chi connectivity index (χ4n) is 1.64. The first-order valence-corrected chi connectivity index (χ1v) is 6.41. The van der Waals surface area contributed by atoms with E-state index in [1.54, 1.807) is 0 Å². The van der Waals surface area contributed by atoms with E-state index in [9.17, 15) is 0 Å². The summed E-state index contributed by atoms with van der Waals surface area (Å²) in [5, 5.41) is 0. The van der Waals surface area contributed by atoms with Crippen molar-refractivity contribution in [2.75, 3.05) is 0 Å². The van der Waals surface area contributed by atoms with Crippen LogP contribution >= 0.6 is 0 Å². The molecule has 2 aromatic rings. The van der Waals surface area contributed by atoms with Crippen LogP contribution in [0, 0.1) is 0 Å². The summed E-state index contributed by atoms with van der Waals surface area (Å²) in [6.07, 6.45) is 8.45. The maximum absolute atomic E-state index is 3.86. The van der Waals surface area contributed by atoms with Crippen LogP contribution in [-0.4, -0.2) is 18.7 Å². The molecule has 0 aliphatic heterocycles. The molecule has 0 atom stereocenters. The Labute approximate surface area is 86.3 Å². The van der Waals surface area contributed by atoms with Crippen LogP contribution in [0.3, 0.4) is 0 Å². The van der Waals surface area contributed by atoms with Gasteiger partial charge in [0.1, 0.15) is 0 Å². The Hall–Kier alpha value is -1.48. The Morgan fingerprint density at radius 1 is 0.929 bits per heavy atom. The monoisotopic (exact) mass is 202 g/mol. The Morgan fingerprint density at radius 2 is 1.36 bits per heavy atom. The van der Waals surface area contributed by atoms with E-state index in [4.69, 9.17) is 0 Å². The minimum Gasteiger partial charge on any atom is -0.337 e. The lowest BCUT2D eigenvalue weighted by Crippen LogP contribution is -2.20. The zero-order chi connectivity index (χ0) is 9.80. The van der Waals surface area contributed by atoms with Crippen molar-refractivity contribution in [2.24, 2.45) is 0 Å². The first kappa shape index (κ1) is 9.09. The summed E-state index contributed by atoms with van der Waals surface area (Å²) in [5.74, 6) is 0.456. The van der Waals surface area contributed by atoms with Crippen molar-refractivity contribution in [3.63, 3.8) is 0 Å². The molecule has 14 heavy (non-hydrogen) atoms. The first-order valence-electron chi connectivity index (χ1n) is 4.77. The molecule has 0 saturated heterocycles. The minimum absolute atomic E-state index is 0.312. The van der Waals surface area contributed by atoms with Gasteiger partial charge in [0.25, 0.3) is 0 Å². The predicted molar refractivity (Wildman–Crippen MR) is 62.0 cm³/mol. The highest BCUT2D eigenvalue weighted by Gasteiger charge is 2.08.